The summed E-state index contributed by atoms with van der Waals surface area (Å²) in [5.41, 5.74) is 2.39. The highest BCUT2D eigenvalue weighted by molar-refractivity contribution is 6.01. The van der Waals surface area contributed by atoms with E-state index in [1.54, 1.807) is 42.4 Å². The van der Waals surface area contributed by atoms with Crippen LogP contribution in [0.5, 0.6) is 5.75 Å². The van der Waals surface area contributed by atoms with Gasteiger partial charge in [0.25, 0.3) is 0 Å². The molecule has 0 aliphatic carbocycles. The Morgan fingerprint density at radius 1 is 1.27 bits per heavy atom. The normalized spacial score (nSPS) is 10.8. The summed E-state index contributed by atoms with van der Waals surface area (Å²) >= 11 is 0. The van der Waals surface area contributed by atoms with Gasteiger partial charge in [-0.3, -0.25) is 9.48 Å². The highest BCUT2D eigenvalue weighted by Gasteiger charge is 2.03. The summed E-state index contributed by atoms with van der Waals surface area (Å²) in [5.74, 6) is 0.194. The molecule has 0 atom stereocenters. The number of benzene rings is 2. The maximum atomic E-state index is 12.9. The van der Waals surface area contributed by atoms with Crippen molar-refractivity contribution in [1.82, 2.24) is 9.78 Å². The van der Waals surface area contributed by atoms with Crippen LogP contribution in [0.4, 0.5) is 10.1 Å². The number of methoxy groups -OCH3 is 1. The second-order valence-corrected chi connectivity index (χ2v) is 5.65. The first-order valence-corrected chi connectivity index (χ1v) is 8.02. The van der Waals surface area contributed by atoms with E-state index >= 15 is 0 Å². The van der Waals surface area contributed by atoms with Crippen LogP contribution in [0.3, 0.4) is 0 Å². The van der Waals surface area contributed by atoms with Crippen LogP contribution in [0.1, 0.15) is 11.1 Å². The van der Waals surface area contributed by atoms with Crippen molar-refractivity contribution in [2.75, 3.05) is 12.4 Å². The van der Waals surface area contributed by atoms with Crippen molar-refractivity contribution in [2.24, 2.45) is 0 Å². The molecule has 0 fully saturated rings. The smallest absolute Gasteiger partial charge is 0.248 e. The third-order valence-electron chi connectivity index (χ3n) is 3.68. The van der Waals surface area contributed by atoms with Crippen molar-refractivity contribution in [3.63, 3.8) is 0 Å². The molecule has 1 N–H and O–H groups in total. The van der Waals surface area contributed by atoms with Crippen molar-refractivity contribution in [2.45, 2.75) is 6.54 Å². The number of hydrogen-bond donors (Lipinski definition) is 1. The fraction of sp³-hybridized carbons (Fsp3) is 0.100. The lowest BCUT2D eigenvalue weighted by molar-refractivity contribution is -0.111. The molecule has 2 aromatic carbocycles. The minimum atomic E-state index is -0.310. The summed E-state index contributed by atoms with van der Waals surface area (Å²) in [4.78, 5) is 12.0. The van der Waals surface area contributed by atoms with E-state index in [0.29, 0.717) is 12.2 Å². The monoisotopic (exact) mass is 351 g/mol. The van der Waals surface area contributed by atoms with E-state index in [2.05, 4.69) is 10.4 Å². The molecular formula is C20H18FN3O2. The third kappa shape index (κ3) is 4.80. The van der Waals surface area contributed by atoms with Gasteiger partial charge in [-0.25, -0.2) is 4.39 Å². The van der Waals surface area contributed by atoms with Gasteiger partial charge in [0.15, 0.2) is 0 Å². The van der Waals surface area contributed by atoms with Gasteiger partial charge in [0.1, 0.15) is 11.6 Å². The summed E-state index contributed by atoms with van der Waals surface area (Å²) in [5, 5.41) is 6.99. The van der Waals surface area contributed by atoms with Gasteiger partial charge in [0.05, 0.1) is 25.5 Å². The Morgan fingerprint density at radius 3 is 2.85 bits per heavy atom. The molecule has 0 spiro atoms. The van der Waals surface area contributed by atoms with Crippen LogP contribution < -0.4 is 10.1 Å². The van der Waals surface area contributed by atoms with Crippen LogP contribution in [0.25, 0.3) is 6.08 Å². The van der Waals surface area contributed by atoms with Gasteiger partial charge in [-0.2, -0.15) is 5.10 Å². The van der Waals surface area contributed by atoms with E-state index in [-0.39, 0.29) is 11.7 Å². The topological polar surface area (TPSA) is 56.1 Å². The largest absolute Gasteiger partial charge is 0.497 e. The van der Waals surface area contributed by atoms with Crippen LogP contribution in [-0.4, -0.2) is 22.8 Å². The molecule has 0 aliphatic rings. The van der Waals surface area contributed by atoms with Gasteiger partial charge in [0, 0.05) is 12.3 Å². The number of carbonyl (C=O) groups excluding carboxylic acids is 1. The van der Waals surface area contributed by atoms with Crippen LogP contribution in [-0.2, 0) is 11.3 Å². The SMILES string of the molecule is COc1cccc(Cn2cc(NC(=O)/C=C/c3ccc(F)cc3)cn2)c1. The standard InChI is InChI=1S/C20H18FN3O2/c1-26-19-4-2-3-16(11-19)13-24-14-18(12-22-24)23-20(25)10-7-15-5-8-17(21)9-6-15/h2-12,14H,13H2,1H3,(H,23,25)/b10-7+. The van der Waals surface area contributed by atoms with E-state index in [0.717, 1.165) is 16.9 Å². The molecule has 0 saturated carbocycles. The number of hydrogen-bond acceptors (Lipinski definition) is 3. The van der Waals surface area contributed by atoms with E-state index < -0.39 is 0 Å². The van der Waals surface area contributed by atoms with Crippen LogP contribution in [0, 0.1) is 5.82 Å². The molecule has 1 aromatic heterocycles. The van der Waals surface area contributed by atoms with Crippen molar-refractivity contribution < 1.29 is 13.9 Å². The lowest BCUT2D eigenvalue weighted by Gasteiger charge is -2.04. The highest BCUT2D eigenvalue weighted by Crippen LogP contribution is 2.14. The Morgan fingerprint density at radius 2 is 2.08 bits per heavy atom. The van der Waals surface area contributed by atoms with Crippen molar-refractivity contribution in [3.05, 3.63) is 83.9 Å². The summed E-state index contributed by atoms with van der Waals surface area (Å²) in [6.07, 6.45) is 6.36. The molecule has 1 amide bonds. The Kier molecular flexibility index (Phi) is 5.43. The fourth-order valence-electron chi connectivity index (χ4n) is 2.40. The maximum Gasteiger partial charge on any atom is 0.248 e. The molecule has 0 saturated heterocycles. The Hall–Kier alpha value is -3.41. The van der Waals surface area contributed by atoms with Gasteiger partial charge in [-0.05, 0) is 41.5 Å². The summed E-state index contributed by atoms with van der Waals surface area (Å²) < 4.78 is 19.8. The van der Waals surface area contributed by atoms with E-state index in [9.17, 15) is 9.18 Å². The number of nitrogens with one attached hydrogen (secondary N) is 1. The predicted octanol–water partition coefficient (Wildman–Crippen LogP) is 3.73. The Labute approximate surface area is 150 Å². The molecule has 132 valence electrons. The minimum Gasteiger partial charge on any atom is -0.497 e. The lowest BCUT2D eigenvalue weighted by atomic mass is 10.2. The van der Waals surface area contributed by atoms with Gasteiger partial charge in [0.2, 0.25) is 5.91 Å². The minimum absolute atomic E-state index is 0.282. The first-order valence-electron chi connectivity index (χ1n) is 8.02. The molecule has 0 radical (unpaired) electrons. The summed E-state index contributed by atoms with van der Waals surface area (Å²) in [7, 11) is 1.63. The number of carbonyl (C=O) groups is 1. The van der Waals surface area contributed by atoms with Gasteiger partial charge >= 0.3 is 0 Å². The van der Waals surface area contributed by atoms with E-state index in [1.165, 1.54) is 18.2 Å². The molecule has 1 heterocycles. The zero-order chi connectivity index (χ0) is 18.4. The van der Waals surface area contributed by atoms with E-state index in [1.807, 2.05) is 24.3 Å². The van der Waals surface area contributed by atoms with Gasteiger partial charge in [-0.15, -0.1) is 0 Å². The molecule has 0 bridgehead atoms. The highest BCUT2D eigenvalue weighted by atomic mass is 19.1. The molecule has 0 aliphatic heterocycles. The average molecular weight is 351 g/mol. The zero-order valence-electron chi connectivity index (χ0n) is 14.2. The molecular weight excluding hydrogens is 333 g/mol. The lowest BCUT2D eigenvalue weighted by Crippen LogP contribution is -2.07. The first kappa shape index (κ1) is 17.4. The van der Waals surface area contributed by atoms with Crippen molar-refractivity contribution in [3.8, 4) is 5.75 Å². The number of nitrogens with zero attached hydrogens (tertiary/aromatic N) is 2. The second-order valence-electron chi connectivity index (χ2n) is 5.65. The summed E-state index contributed by atoms with van der Waals surface area (Å²) in [6, 6.07) is 13.6. The number of aromatic nitrogens is 2. The molecule has 3 aromatic rings. The van der Waals surface area contributed by atoms with Crippen molar-refractivity contribution >= 4 is 17.7 Å². The molecule has 26 heavy (non-hydrogen) atoms. The Balaban J connectivity index is 1.59. The van der Waals surface area contributed by atoms with E-state index in [4.69, 9.17) is 4.74 Å². The van der Waals surface area contributed by atoms with Gasteiger partial charge in [-0.1, -0.05) is 24.3 Å². The second kappa shape index (κ2) is 8.11. The number of anilines is 1. The molecule has 0 unspecified atom stereocenters. The fourth-order valence-corrected chi connectivity index (χ4v) is 2.40. The van der Waals surface area contributed by atoms with Crippen LogP contribution in [0.15, 0.2) is 67.0 Å². The number of amides is 1. The molecule has 5 nitrogen and oxygen atoms in total. The number of ether oxygens (including phenoxy) is 1. The average Bonchev–Trinajstić information content (AvgIpc) is 3.08. The zero-order valence-corrected chi connectivity index (χ0v) is 14.2. The van der Waals surface area contributed by atoms with Crippen LogP contribution in [0.2, 0.25) is 0 Å². The van der Waals surface area contributed by atoms with Gasteiger partial charge < -0.3 is 10.1 Å². The van der Waals surface area contributed by atoms with Crippen LogP contribution >= 0.6 is 0 Å². The molecule has 3 rings (SSSR count). The summed E-state index contributed by atoms with van der Waals surface area (Å²) in [6.45, 7) is 0.568. The Bertz CT molecular complexity index is 917. The molecule has 6 heteroatoms. The predicted molar refractivity (Wildman–Crippen MR) is 98.4 cm³/mol. The maximum absolute atomic E-state index is 12.9. The first-order chi connectivity index (χ1) is 12.6. The number of halogens is 1. The third-order valence-corrected chi connectivity index (χ3v) is 3.68. The number of rotatable bonds is 6. The quantitative estimate of drug-likeness (QED) is 0.689. The van der Waals surface area contributed by atoms with Crippen molar-refractivity contribution in [1.29, 1.82) is 0 Å².